The molecule has 0 atom stereocenters. The molecule has 2 amide bonds. The molecular formula is C16H34N4OS2. The zero-order chi connectivity index (χ0) is 17.7. The van der Waals surface area contributed by atoms with E-state index >= 15 is 0 Å². The van der Waals surface area contributed by atoms with Crippen molar-refractivity contribution < 1.29 is 4.79 Å². The van der Waals surface area contributed by atoms with Gasteiger partial charge >= 0.3 is 6.03 Å². The molecule has 1 saturated heterocycles. The Morgan fingerprint density at radius 3 is 1.30 bits per heavy atom. The van der Waals surface area contributed by atoms with Gasteiger partial charge in [-0.25, -0.2) is 13.4 Å². The Morgan fingerprint density at radius 2 is 1.04 bits per heavy atom. The Hall–Kier alpha value is -0.110. The van der Waals surface area contributed by atoms with Crippen LogP contribution in [0.1, 0.15) is 61.8 Å². The fourth-order valence-corrected chi connectivity index (χ4v) is 4.64. The SMILES string of the molecule is CC(C)N(SN1CCCN(SN(C(C)C)C(C)C)C1=O)C(C)C. The highest BCUT2D eigenvalue weighted by molar-refractivity contribution is 7.96. The molecule has 1 fully saturated rings. The van der Waals surface area contributed by atoms with E-state index < -0.39 is 0 Å². The summed E-state index contributed by atoms with van der Waals surface area (Å²) in [4.78, 5) is 12.8. The first-order valence-electron chi connectivity index (χ1n) is 8.67. The van der Waals surface area contributed by atoms with Crippen LogP contribution in [0.25, 0.3) is 0 Å². The van der Waals surface area contributed by atoms with E-state index in [1.807, 2.05) is 8.61 Å². The van der Waals surface area contributed by atoms with Crippen LogP contribution >= 0.6 is 24.3 Å². The second-order valence-corrected chi connectivity index (χ2v) is 9.15. The highest BCUT2D eigenvalue weighted by Gasteiger charge is 2.32. The van der Waals surface area contributed by atoms with E-state index in [0.717, 1.165) is 19.5 Å². The molecule has 1 aliphatic heterocycles. The summed E-state index contributed by atoms with van der Waals surface area (Å²) in [6.07, 6.45) is 1.01. The average Bonchev–Trinajstić information content (AvgIpc) is 2.43. The molecule has 0 N–H and O–H groups in total. The molecule has 23 heavy (non-hydrogen) atoms. The molecule has 0 aliphatic carbocycles. The average molecular weight is 363 g/mol. The molecule has 1 aliphatic rings. The molecule has 1 rings (SSSR count). The van der Waals surface area contributed by atoms with Gasteiger partial charge in [-0.05, 0) is 61.8 Å². The highest BCUT2D eigenvalue weighted by Crippen LogP contribution is 2.31. The molecule has 0 aromatic heterocycles. The number of amides is 2. The summed E-state index contributed by atoms with van der Waals surface area (Å²) in [7, 11) is 0. The minimum Gasteiger partial charge on any atom is -0.254 e. The van der Waals surface area contributed by atoms with Gasteiger partial charge in [-0.1, -0.05) is 0 Å². The number of hydrogen-bond acceptors (Lipinski definition) is 5. The maximum Gasteiger partial charge on any atom is 0.341 e. The predicted octanol–water partition coefficient (Wildman–Crippen LogP) is 4.48. The quantitative estimate of drug-likeness (QED) is 0.594. The Balaban J connectivity index is 2.74. The van der Waals surface area contributed by atoms with Gasteiger partial charge in [-0.15, -0.1) is 0 Å². The van der Waals surface area contributed by atoms with E-state index in [9.17, 15) is 4.79 Å². The summed E-state index contributed by atoms with van der Waals surface area (Å²) in [5.41, 5.74) is 0. The van der Waals surface area contributed by atoms with E-state index in [1.165, 1.54) is 0 Å². The van der Waals surface area contributed by atoms with Crippen molar-refractivity contribution in [3.8, 4) is 0 Å². The summed E-state index contributed by atoms with van der Waals surface area (Å²) in [6.45, 7) is 19.0. The monoisotopic (exact) mass is 362 g/mol. The molecule has 0 bridgehead atoms. The number of urea groups is 1. The number of hydrogen-bond donors (Lipinski definition) is 0. The molecule has 7 heteroatoms. The van der Waals surface area contributed by atoms with E-state index in [-0.39, 0.29) is 6.03 Å². The fourth-order valence-electron chi connectivity index (χ4n) is 2.62. The van der Waals surface area contributed by atoms with Crippen LogP contribution in [-0.2, 0) is 0 Å². The van der Waals surface area contributed by atoms with Crippen LogP contribution in [0.4, 0.5) is 4.79 Å². The summed E-state index contributed by atoms with van der Waals surface area (Å²) < 4.78 is 8.40. The summed E-state index contributed by atoms with van der Waals surface area (Å²) in [5.74, 6) is 0. The summed E-state index contributed by atoms with van der Waals surface area (Å²) in [5, 5.41) is 0. The maximum atomic E-state index is 12.8. The van der Waals surface area contributed by atoms with Crippen LogP contribution in [0.3, 0.4) is 0 Å². The van der Waals surface area contributed by atoms with Crippen molar-refractivity contribution in [1.82, 2.24) is 17.2 Å². The molecule has 0 unspecified atom stereocenters. The largest absolute Gasteiger partial charge is 0.341 e. The number of carbonyl (C=O) groups is 1. The van der Waals surface area contributed by atoms with Crippen molar-refractivity contribution in [2.75, 3.05) is 13.1 Å². The van der Waals surface area contributed by atoms with Crippen LogP contribution in [0.15, 0.2) is 0 Å². The van der Waals surface area contributed by atoms with Crippen LogP contribution < -0.4 is 0 Å². The smallest absolute Gasteiger partial charge is 0.254 e. The first-order valence-corrected chi connectivity index (χ1v) is 10.1. The van der Waals surface area contributed by atoms with Gasteiger partial charge in [0.25, 0.3) is 0 Å². The van der Waals surface area contributed by atoms with E-state index in [0.29, 0.717) is 24.2 Å². The Morgan fingerprint density at radius 1 is 0.739 bits per heavy atom. The van der Waals surface area contributed by atoms with Crippen molar-refractivity contribution in [2.45, 2.75) is 86.0 Å². The molecule has 0 aromatic carbocycles. The third kappa shape index (κ3) is 6.03. The zero-order valence-corrected chi connectivity index (χ0v) is 17.6. The Bertz CT molecular complexity index is 329. The topological polar surface area (TPSA) is 30.0 Å². The standard InChI is InChI=1S/C16H34N4OS2/c1-12(2)19(13(3)4)22-17-10-9-11-18(16(17)21)23-20(14(5)6)15(7)8/h12-15H,9-11H2,1-8H3. The lowest BCUT2D eigenvalue weighted by Crippen LogP contribution is -2.48. The number of carbonyl (C=O) groups excluding carboxylic acids is 1. The lowest BCUT2D eigenvalue weighted by molar-refractivity contribution is 0.191. The Kier molecular flexibility index (Phi) is 8.55. The molecule has 136 valence electrons. The molecule has 1 heterocycles. The molecule has 0 saturated carbocycles. The molecule has 0 radical (unpaired) electrons. The van der Waals surface area contributed by atoms with Crippen molar-refractivity contribution in [1.29, 1.82) is 0 Å². The van der Waals surface area contributed by atoms with Gasteiger partial charge in [0, 0.05) is 61.5 Å². The van der Waals surface area contributed by atoms with Gasteiger partial charge in [0.15, 0.2) is 0 Å². The predicted molar refractivity (Wildman–Crippen MR) is 103 cm³/mol. The lowest BCUT2D eigenvalue weighted by Gasteiger charge is -2.41. The molecular weight excluding hydrogens is 328 g/mol. The van der Waals surface area contributed by atoms with Gasteiger partial charge in [0.2, 0.25) is 0 Å². The maximum absolute atomic E-state index is 12.8. The molecule has 0 spiro atoms. The van der Waals surface area contributed by atoms with Gasteiger partial charge < -0.3 is 0 Å². The van der Waals surface area contributed by atoms with Crippen molar-refractivity contribution >= 4 is 30.3 Å². The van der Waals surface area contributed by atoms with Gasteiger partial charge in [-0.2, -0.15) is 0 Å². The third-order valence-corrected chi connectivity index (χ3v) is 6.71. The van der Waals surface area contributed by atoms with Gasteiger partial charge in [0.05, 0.1) is 0 Å². The third-order valence-electron chi connectivity index (χ3n) is 3.57. The molecule has 0 aromatic rings. The number of nitrogens with zero attached hydrogens (tertiary/aromatic N) is 4. The highest BCUT2D eigenvalue weighted by atomic mass is 32.2. The van der Waals surface area contributed by atoms with Crippen LogP contribution in [0.5, 0.6) is 0 Å². The summed E-state index contributed by atoms with van der Waals surface area (Å²) >= 11 is 3.16. The van der Waals surface area contributed by atoms with Crippen LogP contribution in [-0.4, -0.2) is 60.5 Å². The van der Waals surface area contributed by atoms with Crippen LogP contribution in [0.2, 0.25) is 0 Å². The fraction of sp³-hybridized carbons (Fsp3) is 0.938. The van der Waals surface area contributed by atoms with Crippen molar-refractivity contribution in [3.05, 3.63) is 0 Å². The molecule has 5 nitrogen and oxygen atoms in total. The first-order chi connectivity index (χ1) is 10.6. The van der Waals surface area contributed by atoms with E-state index in [1.54, 1.807) is 24.3 Å². The van der Waals surface area contributed by atoms with E-state index in [2.05, 4.69) is 64.0 Å². The van der Waals surface area contributed by atoms with E-state index in [4.69, 9.17) is 0 Å². The number of rotatable bonds is 8. The zero-order valence-electron chi connectivity index (χ0n) is 15.9. The van der Waals surface area contributed by atoms with Crippen molar-refractivity contribution in [3.63, 3.8) is 0 Å². The van der Waals surface area contributed by atoms with Gasteiger partial charge in [0.1, 0.15) is 0 Å². The second-order valence-electron chi connectivity index (χ2n) is 7.10. The minimum absolute atomic E-state index is 0.115. The Labute approximate surface area is 151 Å². The van der Waals surface area contributed by atoms with Crippen molar-refractivity contribution in [2.24, 2.45) is 0 Å². The first kappa shape index (κ1) is 20.9. The minimum atomic E-state index is 0.115. The van der Waals surface area contributed by atoms with Crippen LogP contribution in [0, 0.1) is 0 Å². The normalized spacial score (nSPS) is 17.0. The summed E-state index contributed by atoms with van der Waals surface area (Å²) in [6, 6.07) is 1.72. The lowest BCUT2D eigenvalue weighted by atomic mass is 10.3. The van der Waals surface area contributed by atoms with Gasteiger partial charge in [-0.3, -0.25) is 8.61 Å². The second kappa shape index (κ2) is 9.39.